The number of nitrogens with one attached hydrogen (secondary N) is 1. The number of carbonyl (C=O) groups excluding carboxylic acids is 1. The second-order valence-corrected chi connectivity index (χ2v) is 4.76. The number of amides is 1. The summed E-state index contributed by atoms with van der Waals surface area (Å²) < 4.78 is 13.2. The van der Waals surface area contributed by atoms with Crippen LogP contribution >= 0.6 is 11.6 Å². The van der Waals surface area contributed by atoms with Crippen molar-refractivity contribution in [2.24, 2.45) is 0 Å². The van der Waals surface area contributed by atoms with Crippen LogP contribution in [0.5, 0.6) is 0 Å². The summed E-state index contributed by atoms with van der Waals surface area (Å²) >= 11 is 5.78. The van der Waals surface area contributed by atoms with Crippen molar-refractivity contribution >= 4 is 23.3 Å². The second kappa shape index (κ2) is 6.53. The van der Waals surface area contributed by atoms with Crippen molar-refractivity contribution < 1.29 is 9.18 Å². The van der Waals surface area contributed by atoms with Crippen molar-refractivity contribution in [2.45, 2.75) is 19.8 Å². The fourth-order valence-corrected chi connectivity index (χ4v) is 1.93. The molecule has 0 aliphatic heterocycles. The van der Waals surface area contributed by atoms with Crippen LogP contribution in [0.4, 0.5) is 10.2 Å². The lowest BCUT2D eigenvalue weighted by Gasteiger charge is -2.12. The molecule has 2 heterocycles. The molecule has 0 aromatic carbocycles. The van der Waals surface area contributed by atoms with Gasteiger partial charge < -0.3 is 5.32 Å². The highest BCUT2D eigenvalue weighted by Crippen LogP contribution is 2.17. The Morgan fingerprint density at radius 2 is 2.14 bits per heavy atom. The molecule has 0 unspecified atom stereocenters. The van der Waals surface area contributed by atoms with Crippen LogP contribution in [0.3, 0.4) is 0 Å². The highest BCUT2D eigenvalue weighted by atomic mass is 35.5. The molecule has 6 nitrogen and oxygen atoms in total. The van der Waals surface area contributed by atoms with Gasteiger partial charge in [0.2, 0.25) is 5.91 Å². The fourth-order valence-electron chi connectivity index (χ4n) is 1.70. The molecule has 1 amide bonds. The van der Waals surface area contributed by atoms with Crippen molar-refractivity contribution in [2.75, 3.05) is 12.0 Å². The molecule has 21 heavy (non-hydrogen) atoms. The van der Waals surface area contributed by atoms with Gasteiger partial charge in [0, 0.05) is 18.0 Å². The molecular formula is C13H13ClFN5O. The molecule has 0 saturated carbocycles. The third-order valence-electron chi connectivity index (χ3n) is 2.65. The number of aryl methyl sites for hydroxylation is 2. The summed E-state index contributed by atoms with van der Waals surface area (Å²) in [7, 11) is 0. The maximum Gasteiger partial charge on any atom is 0.239 e. The molecule has 0 saturated heterocycles. The lowest BCUT2D eigenvalue weighted by Crippen LogP contribution is -2.25. The van der Waals surface area contributed by atoms with Crippen LogP contribution < -0.4 is 5.32 Å². The number of alkyl halides is 1. The van der Waals surface area contributed by atoms with Crippen LogP contribution in [0.25, 0.3) is 0 Å². The first-order valence-electron chi connectivity index (χ1n) is 6.17. The summed E-state index contributed by atoms with van der Waals surface area (Å²) in [5, 5.41) is 2.69. The van der Waals surface area contributed by atoms with Gasteiger partial charge >= 0.3 is 0 Å². The maximum absolute atomic E-state index is 13.2. The van der Waals surface area contributed by atoms with Gasteiger partial charge in [-0.05, 0) is 19.9 Å². The average molecular weight is 310 g/mol. The van der Waals surface area contributed by atoms with E-state index in [-0.39, 0.29) is 16.8 Å². The summed E-state index contributed by atoms with van der Waals surface area (Å²) in [5.74, 6) is -0.937. The van der Waals surface area contributed by atoms with Gasteiger partial charge in [-0.3, -0.25) is 4.79 Å². The van der Waals surface area contributed by atoms with Crippen LogP contribution in [-0.4, -0.2) is 32.5 Å². The van der Waals surface area contributed by atoms with Gasteiger partial charge in [-0.1, -0.05) is 11.6 Å². The Morgan fingerprint density at radius 3 is 2.76 bits per heavy atom. The fraction of sp³-hybridized carbons (Fsp3) is 0.308. The number of nitrogens with zero attached hydrogens (tertiary/aromatic N) is 4. The molecule has 110 valence electrons. The maximum atomic E-state index is 13.2. The molecule has 1 atom stereocenters. The largest absolute Gasteiger partial charge is 0.310 e. The zero-order valence-electron chi connectivity index (χ0n) is 11.5. The average Bonchev–Trinajstić information content (AvgIpc) is 2.38. The molecule has 8 heteroatoms. The quantitative estimate of drug-likeness (QED) is 0.876. The van der Waals surface area contributed by atoms with E-state index in [1.807, 2.05) is 0 Å². The first-order valence-corrected chi connectivity index (χ1v) is 6.55. The van der Waals surface area contributed by atoms with E-state index in [9.17, 15) is 9.18 Å². The van der Waals surface area contributed by atoms with Crippen molar-refractivity contribution in [3.63, 3.8) is 0 Å². The van der Waals surface area contributed by atoms with E-state index in [2.05, 4.69) is 25.3 Å². The van der Waals surface area contributed by atoms with E-state index in [1.54, 1.807) is 19.9 Å². The molecule has 1 N–H and O–H groups in total. The van der Waals surface area contributed by atoms with Crippen molar-refractivity contribution in [1.82, 2.24) is 19.9 Å². The molecule has 0 radical (unpaired) electrons. The number of hydrogen-bond donors (Lipinski definition) is 1. The number of halogens is 2. The lowest BCUT2D eigenvalue weighted by atomic mass is 10.1. The van der Waals surface area contributed by atoms with Gasteiger partial charge in [0.15, 0.2) is 0 Å². The summed E-state index contributed by atoms with van der Waals surface area (Å²) in [6, 6.07) is 3.06. The Bertz CT molecular complexity index is 647. The Kier molecular flexibility index (Phi) is 4.74. The first-order chi connectivity index (χ1) is 9.99. The number of anilines is 1. The van der Waals surface area contributed by atoms with E-state index < -0.39 is 18.5 Å². The molecule has 2 aromatic rings. The van der Waals surface area contributed by atoms with E-state index in [1.165, 1.54) is 12.3 Å². The summed E-state index contributed by atoms with van der Waals surface area (Å²) in [6.45, 7) is 2.47. The number of hydrogen-bond acceptors (Lipinski definition) is 5. The van der Waals surface area contributed by atoms with Crippen molar-refractivity contribution in [3.05, 3.63) is 40.8 Å². The van der Waals surface area contributed by atoms with Crippen LogP contribution in [0.15, 0.2) is 18.3 Å². The van der Waals surface area contributed by atoms with Crippen LogP contribution in [0.1, 0.15) is 23.3 Å². The summed E-state index contributed by atoms with van der Waals surface area (Å²) in [5.41, 5.74) is 0.659. The summed E-state index contributed by atoms with van der Waals surface area (Å²) in [6.07, 6.45) is 1.49. The molecule has 0 bridgehead atoms. The first kappa shape index (κ1) is 15.2. The van der Waals surface area contributed by atoms with Crippen molar-refractivity contribution in [3.8, 4) is 0 Å². The molecular weight excluding hydrogens is 297 g/mol. The number of carbonyl (C=O) groups is 1. The molecule has 2 aromatic heterocycles. The minimum absolute atomic E-state index is 0.131. The van der Waals surface area contributed by atoms with E-state index in [0.717, 1.165) is 0 Å². The van der Waals surface area contributed by atoms with Gasteiger partial charge in [0.1, 0.15) is 35.2 Å². The van der Waals surface area contributed by atoms with Crippen LogP contribution in [0, 0.1) is 13.8 Å². The normalized spacial score (nSPS) is 12.0. The zero-order chi connectivity index (χ0) is 15.4. The monoisotopic (exact) mass is 309 g/mol. The minimum atomic E-state index is -1.10. The Balaban J connectivity index is 2.21. The Labute approximate surface area is 125 Å². The van der Waals surface area contributed by atoms with E-state index in [0.29, 0.717) is 11.5 Å². The molecule has 0 spiro atoms. The lowest BCUT2D eigenvalue weighted by molar-refractivity contribution is -0.118. The van der Waals surface area contributed by atoms with Crippen LogP contribution in [-0.2, 0) is 4.79 Å². The van der Waals surface area contributed by atoms with Crippen LogP contribution in [0.2, 0.25) is 5.15 Å². The zero-order valence-corrected chi connectivity index (χ0v) is 12.2. The van der Waals surface area contributed by atoms with Gasteiger partial charge in [-0.2, -0.15) is 0 Å². The topological polar surface area (TPSA) is 80.7 Å². The Morgan fingerprint density at radius 1 is 1.38 bits per heavy atom. The van der Waals surface area contributed by atoms with E-state index in [4.69, 9.17) is 11.6 Å². The van der Waals surface area contributed by atoms with E-state index >= 15 is 0 Å². The smallest absolute Gasteiger partial charge is 0.239 e. The highest BCUT2D eigenvalue weighted by Gasteiger charge is 2.24. The highest BCUT2D eigenvalue weighted by molar-refractivity contribution is 6.29. The minimum Gasteiger partial charge on any atom is -0.310 e. The third kappa shape index (κ3) is 3.91. The van der Waals surface area contributed by atoms with Gasteiger partial charge in [-0.25, -0.2) is 24.3 Å². The molecule has 0 aliphatic rings. The van der Waals surface area contributed by atoms with Gasteiger partial charge in [0.25, 0.3) is 0 Å². The number of rotatable bonds is 4. The second-order valence-electron chi connectivity index (χ2n) is 4.38. The molecule has 0 aliphatic carbocycles. The van der Waals surface area contributed by atoms with Crippen molar-refractivity contribution in [1.29, 1.82) is 0 Å². The van der Waals surface area contributed by atoms with Gasteiger partial charge in [0.05, 0.1) is 0 Å². The molecule has 2 rings (SSSR count). The standard InChI is InChI=1S/C13H13ClFN5O/c1-7-3-4-16-12(17-7)9(6-15)13(21)20-11-5-10(14)18-8(2)19-11/h3-5,9H,6H2,1-2H3,(H,18,19,20,21)/t9-/m1/s1. The number of aromatic nitrogens is 4. The Hall–Kier alpha value is -2.15. The predicted octanol–water partition coefficient (Wildman–Crippen LogP) is 2.23. The summed E-state index contributed by atoms with van der Waals surface area (Å²) in [4.78, 5) is 28.0. The molecule has 0 fully saturated rings. The SMILES string of the molecule is Cc1ccnc([C@@H](CF)C(=O)Nc2cc(Cl)nc(C)n2)n1. The third-order valence-corrected chi connectivity index (χ3v) is 2.85. The van der Waals surface area contributed by atoms with Gasteiger partial charge in [-0.15, -0.1) is 0 Å². The predicted molar refractivity (Wildman–Crippen MR) is 75.9 cm³/mol.